The zero-order valence-corrected chi connectivity index (χ0v) is 20.7. The molecule has 190 valence electrons. The molecule has 1 atom stereocenters. The fourth-order valence-corrected chi connectivity index (χ4v) is 4.87. The first kappa shape index (κ1) is 25.0. The predicted molar refractivity (Wildman–Crippen MR) is 143 cm³/mol. The average Bonchev–Trinajstić information content (AvgIpc) is 3.29. The quantitative estimate of drug-likeness (QED) is 0.229. The van der Waals surface area contributed by atoms with E-state index >= 15 is 0 Å². The number of benzene rings is 4. The van der Waals surface area contributed by atoms with E-state index in [2.05, 4.69) is 17.4 Å². The highest BCUT2D eigenvalue weighted by Gasteiger charge is 2.29. The molecule has 0 radical (unpaired) electrons. The zero-order valence-electron chi connectivity index (χ0n) is 20.7. The molecule has 0 bridgehead atoms. The van der Waals surface area contributed by atoms with Gasteiger partial charge >= 0.3 is 12.1 Å². The second-order valence-corrected chi connectivity index (χ2v) is 9.11. The Kier molecular flexibility index (Phi) is 7.59. The lowest BCUT2D eigenvalue weighted by molar-refractivity contribution is -0.148. The summed E-state index contributed by atoms with van der Waals surface area (Å²) in [7, 11) is 0. The van der Waals surface area contributed by atoms with Gasteiger partial charge in [0.05, 0.1) is 12.5 Å². The van der Waals surface area contributed by atoms with E-state index in [9.17, 15) is 14.4 Å². The van der Waals surface area contributed by atoms with Crippen molar-refractivity contribution in [3.8, 4) is 11.1 Å². The summed E-state index contributed by atoms with van der Waals surface area (Å²) in [5.41, 5.74) is 6.03. The molecule has 0 fully saturated rings. The standard InChI is InChI=1S/C32H27NO5/c34-20-24(19-30(35)38-31(22-11-3-1-4-12-22)23-13-5-2-6-14-23)33-32(36)37-21-29-27-17-9-7-15-25(27)26-16-8-10-18-28(26)29/h1-18,20,24,29,31H,19,21H2,(H,33,36). The van der Waals surface area contributed by atoms with Crippen LogP contribution in [0.15, 0.2) is 109 Å². The topological polar surface area (TPSA) is 81.7 Å². The lowest BCUT2D eigenvalue weighted by Crippen LogP contribution is -2.39. The molecule has 6 heteroatoms. The minimum absolute atomic E-state index is 0.106. The third-order valence-electron chi connectivity index (χ3n) is 6.65. The Morgan fingerprint density at radius 2 is 1.24 bits per heavy atom. The van der Waals surface area contributed by atoms with E-state index in [0.717, 1.165) is 33.4 Å². The molecule has 0 spiro atoms. The highest BCUT2D eigenvalue weighted by molar-refractivity contribution is 5.81. The Bertz CT molecular complexity index is 1340. The van der Waals surface area contributed by atoms with Crippen molar-refractivity contribution in [2.75, 3.05) is 6.61 Å². The maximum atomic E-state index is 12.8. The Balaban J connectivity index is 1.20. The number of hydrogen-bond acceptors (Lipinski definition) is 5. The van der Waals surface area contributed by atoms with Crippen LogP contribution in [-0.4, -0.2) is 31.0 Å². The molecular weight excluding hydrogens is 478 g/mol. The van der Waals surface area contributed by atoms with Crippen LogP contribution in [0.1, 0.15) is 40.7 Å². The van der Waals surface area contributed by atoms with E-state index in [1.54, 1.807) is 0 Å². The van der Waals surface area contributed by atoms with Gasteiger partial charge in [0, 0.05) is 5.92 Å². The molecule has 1 unspecified atom stereocenters. The van der Waals surface area contributed by atoms with Crippen molar-refractivity contribution < 1.29 is 23.9 Å². The molecule has 6 nitrogen and oxygen atoms in total. The number of ether oxygens (including phenoxy) is 2. The van der Waals surface area contributed by atoms with Crippen LogP contribution >= 0.6 is 0 Å². The van der Waals surface area contributed by atoms with Gasteiger partial charge in [-0.3, -0.25) is 4.79 Å². The largest absolute Gasteiger partial charge is 0.452 e. The van der Waals surface area contributed by atoms with Gasteiger partial charge in [0.15, 0.2) is 6.10 Å². The predicted octanol–water partition coefficient (Wildman–Crippen LogP) is 5.82. The third-order valence-corrected chi connectivity index (χ3v) is 6.65. The summed E-state index contributed by atoms with van der Waals surface area (Å²) in [4.78, 5) is 37.1. The minimum atomic E-state index is -1.08. The second kappa shape index (κ2) is 11.6. The SMILES string of the molecule is O=CC(CC(=O)OC(c1ccccc1)c1ccccc1)NC(=O)OCC1c2ccccc2-c2ccccc21. The molecular formula is C32H27NO5. The number of amides is 1. The van der Waals surface area contributed by atoms with Crippen molar-refractivity contribution in [2.24, 2.45) is 0 Å². The van der Waals surface area contributed by atoms with Gasteiger partial charge in [0.25, 0.3) is 0 Å². The van der Waals surface area contributed by atoms with E-state index in [4.69, 9.17) is 9.47 Å². The highest BCUT2D eigenvalue weighted by atomic mass is 16.6. The van der Waals surface area contributed by atoms with Crippen LogP contribution in [0.3, 0.4) is 0 Å². The van der Waals surface area contributed by atoms with Gasteiger partial charge in [-0.15, -0.1) is 0 Å². The summed E-state index contributed by atoms with van der Waals surface area (Å²) in [6, 6.07) is 33.7. The number of nitrogens with one attached hydrogen (secondary N) is 1. The maximum Gasteiger partial charge on any atom is 0.407 e. The number of alkyl carbamates (subject to hydrolysis) is 1. The Hall–Kier alpha value is -4.71. The number of esters is 1. The van der Waals surface area contributed by atoms with Crippen molar-refractivity contribution in [3.63, 3.8) is 0 Å². The van der Waals surface area contributed by atoms with Crippen LogP contribution < -0.4 is 5.32 Å². The van der Waals surface area contributed by atoms with E-state index in [0.29, 0.717) is 6.29 Å². The van der Waals surface area contributed by atoms with Gasteiger partial charge in [-0.05, 0) is 33.4 Å². The first-order valence-corrected chi connectivity index (χ1v) is 12.5. The number of hydrogen-bond donors (Lipinski definition) is 1. The van der Waals surface area contributed by atoms with Gasteiger partial charge in [-0.1, -0.05) is 109 Å². The van der Waals surface area contributed by atoms with Gasteiger partial charge in [0.2, 0.25) is 0 Å². The number of carbonyl (C=O) groups excluding carboxylic acids is 3. The Morgan fingerprint density at radius 3 is 1.76 bits per heavy atom. The molecule has 38 heavy (non-hydrogen) atoms. The smallest absolute Gasteiger partial charge is 0.407 e. The van der Waals surface area contributed by atoms with E-state index < -0.39 is 24.2 Å². The molecule has 1 N–H and O–H groups in total. The van der Waals surface area contributed by atoms with E-state index in [1.807, 2.05) is 97.1 Å². The number of aldehydes is 1. The van der Waals surface area contributed by atoms with Crippen LogP contribution in [0, 0.1) is 0 Å². The lowest BCUT2D eigenvalue weighted by atomic mass is 9.98. The van der Waals surface area contributed by atoms with E-state index in [1.165, 1.54) is 0 Å². The first-order chi connectivity index (χ1) is 18.6. The molecule has 0 aliphatic heterocycles. The van der Waals surface area contributed by atoms with Crippen molar-refractivity contribution in [2.45, 2.75) is 24.5 Å². The van der Waals surface area contributed by atoms with Crippen molar-refractivity contribution in [1.82, 2.24) is 5.32 Å². The summed E-state index contributed by atoms with van der Waals surface area (Å²) in [6.45, 7) is 0.111. The second-order valence-electron chi connectivity index (χ2n) is 9.11. The molecule has 5 rings (SSSR count). The molecule has 4 aromatic rings. The molecule has 0 aromatic heterocycles. The van der Waals surface area contributed by atoms with Gasteiger partial charge in [-0.2, -0.15) is 0 Å². The molecule has 1 amide bonds. The number of carbonyl (C=O) groups is 3. The first-order valence-electron chi connectivity index (χ1n) is 12.5. The Morgan fingerprint density at radius 1 is 0.737 bits per heavy atom. The maximum absolute atomic E-state index is 12.8. The molecule has 1 aliphatic carbocycles. The van der Waals surface area contributed by atoms with Crippen molar-refractivity contribution >= 4 is 18.3 Å². The van der Waals surface area contributed by atoms with Crippen molar-refractivity contribution in [3.05, 3.63) is 131 Å². The van der Waals surface area contributed by atoms with Crippen LogP contribution in [-0.2, 0) is 19.1 Å². The van der Waals surface area contributed by atoms with Gasteiger partial charge < -0.3 is 19.6 Å². The zero-order chi connectivity index (χ0) is 26.3. The fraction of sp³-hybridized carbons (Fsp3) is 0.156. The van der Waals surface area contributed by atoms with Crippen LogP contribution in [0.2, 0.25) is 0 Å². The van der Waals surface area contributed by atoms with Crippen LogP contribution in [0.25, 0.3) is 11.1 Å². The van der Waals surface area contributed by atoms with Crippen molar-refractivity contribution in [1.29, 1.82) is 0 Å². The van der Waals surface area contributed by atoms with E-state index in [-0.39, 0.29) is 18.9 Å². The summed E-state index contributed by atoms with van der Waals surface area (Å²) in [6.07, 6.45) is -1.20. The summed E-state index contributed by atoms with van der Waals surface area (Å²) < 4.78 is 11.3. The molecule has 0 heterocycles. The highest BCUT2D eigenvalue weighted by Crippen LogP contribution is 2.44. The summed E-state index contributed by atoms with van der Waals surface area (Å²) in [5.74, 6) is -0.718. The average molecular weight is 506 g/mol. The fourth-order valence-electron chi connectivity index (χ4n) is 4.87. The number of rotatable bonds is 9. The van der Waals surface area contributed by atoms with Crippen LogP contribution in [0.5, 0.6) is 0 Å². The van der Waals surface area contributed by atoms with Gasteiger partial charge in [-0.25, -0.2) is 4.79 Å². The summed E-state index contributed by atoms with van der Waals surface area (Å²) in [5, 5.41) is 2.49. The molecule has 1 aliphatic rings. The number of fused-ring (bicyclic) bond motifs is 3. The monoisotopic (exact) mass is 505 g/mol. The third kappa shape index (κ3) is 5.49. The molecule has 0 saturated carbocycles. The summed E-state index contributed by atoms with van der Waals surface area (Å²) >= 11 is 0. The lowest BCUT2D eigenvalue weighted by Gasteiger charge is -2.20. The Labute approximate surface area is 221 Å². The van der Waals surface area contributed by atoms with Gasteiger partial charge in [0.1, 0.15) is 12.9 Å². The van der Waals surface area contributed by atoms with Crippen LogP contribution in [0.4, 0.5) is 4.79 Å². The molecule has 4 aromatic carbocycles. The molecule has 0 saturated heterocycles. The minimum Gasteiger partial charge on any atom is -0.452 e. The normalized spacial score (nSPS) is 12.8.